The van der Waals surface area contributed by atoms with Crippen molar-refractivity contribution in [2.75, 3.05) is 12.4 Å². The van der Waals surface area contributed by atoms with E-state index in [0.717, 1.165) is 11.3 Å². The van der Waals surface area contributed by atoms with Gasteiger partial charge in [0.2, 0.25) is 0 Å². The zero-order valence-electron chi connectivity index (χ0n) is 10.4. The van der Waals surface area contributed by atoms with Gasteiger partial charge in [-0.15, -0.1) is 0 Å². The van der Waals surface area contributed by atoms with E-state index in [9.17, 15) is 10.1 Å². The number of aromatic nitrogens is 1. The van der Waals surface area contributed by atoms with Crippen LogP contribution >= 0.6 is 0 Å². The van der Waals surface area contributed by atoms with Crippen molar-refractivity contribution < 1.29 is 9.66 Å². The van der Waals surface area contributed by atoms with Gasteiger partial charge in [0, 0.05) is 36.8 Å². The van der Waals surface area contributed by atoms with Crippen LogP contribution in [0.4, 0.5) is 11.4 Å². The Morgan fingerprint density at radius 1 is 1.42 bits per heavy atom. The number of nitro groups is 1. The van der Waals surface area contributed by atoms with E-state index in [1.54, 1.807) is 24.5 Å². The van der Waals surface area contributed by atoms with Crippen LogP contribution in [0.15, 0.2) is 42.7 Å². The molecule has 1 aromatic carbocycles. The molecular weight excluding hydrogens is 246 g/mol. The molecule has 19 heavy (non-hydrogen) atoms. The average Bonchev–Trinajstić information content (AvgIpc) is 2.45. The lowest BCUT2D eigenvalue weighted by Gasteiger charge is -2.08. The van der Waals surface area contributed by atoms with Crippen molar-refractivity contribution in [3.05, 3.63) is 58.4 Å². The molecule has 0 atom stereocenters. The molecule has 2 rings (SSSR count). The van der Waals surface area contributed by atoms with Gasteiger partial charge in [0.05, 0.1) is 12.0 Å². The minimum absolute atomic E-state index is 0.0468. The van der Waals surface area contributed by atoms with Crippen molar-refractivity contribution >= 4 is 11.4 Å². The monoisotopic (exact) mass is 259 g/mol. The number of ether oxygens (including phenoxy) is 1. The minimum atomic E-state index is -0.469. The molecule has 98 valence electrons. The van der Waals surface area contributed by atoms with Crippen LogP contribution in [0.1, 0.15) is 5.56 Å². The van der Waals surface area contributed by atoms with Crippen LogP contribution in [-0.4, -0.2) is 17.0 Å². The lowest BCUT2D eigenvalue weighted by Crippen LogP contribution is -2.01. The number of methoxy groups -OCH3 is 1. The third-order valence-corrected chi connectivity index (χ3v) is 2.60. The van der Waals surface area contributed by atoms with Crippen molar-refractivity contribution in [3.8, 4) is 5.75 Å². The maximum absolute atomic E-state index is 10.8. The Hall–Kier alpha value is -2.63. The molecule has 0 unspecified atom stereocenters. The number of anilines is 1. The maximum atomic E-state index is 10.8. The highest BCUT2D eigenvalue weighted by molar-refractivity contribution is 5.58. The Labute approximate surface area is 110 Å². The third-order valence-electron chi connectivity index (χ3n) is 2.60. The number of nitrogens with zero attached hydrogens (tertiary/aromatic N) is 2. The normalized spacial score (nSPS) is 9.95. The standard InChI is InChI=1S/C13H13N3O3/c1-19-13-7-11(4-5-12(13)16(17)18)15-9-10-3-2-6-14-8-10/h2-8,15H,9H2,1H3. The van der Waals surface area contributed by atoms with E-state index in [1.807, 2.05) is 12.1 Å². The largest absolute Gasteiger partial charge is 0.490 e. The number of hydrogen-bond donors (Lipinski definition) is 1. The highest BCUT2D eigenvalue weighted by atomic mass is 16.6. The molecule has 0 fully saturated rings. The van der Waals surface area contributed by atoms with E-state index in [-0.39, 0.29) is 11.4 Å². The second kappa shape index (κ2) is 5.81. The Morgan fingerprint density at radius 2 is 2.26 bits per heavy atom. The average molecular weight is 259 g/mol. The first-order valence-electron chi connectivity index (χ1n) is 5.66. The van der Waals surface area contributed by atoms with E-state index in [0.29, 0.717) is 6.54 Å². The molecule has 1 heterocycles. The summed E-state index contributed by atoms with van der Waals surface area (Å²) in [7, 11) is 1.41. The number of hydrogen-bond acceptors (Lipinski definition) is 5. The van der Waals surface area contributed by atoms with Gasteiger partial charge in [-0.25, -0.2) is 0 Å². The molecule has 0 saturated carbocycles. The van der Waals surface area contributed by atoms with Gasteiger partial charge in [-0.2, -0.15) is 0 Å². The summed E-state index contributed by atoms with van der Waals surface area (Å²) >= 11 is 0. The minimum Gasteiger partial charge on any atom is -0.490 e. The first kappa shape index (κ1) is 12.8. The number of pyridine rings is 1. The fourth-order valence-corrected chi connectivity index (χ4v) is 1.65. The van der Waals surface area contributed by atoms with Crippen molar-refractivity contribution in [2.45, 2.75) is 6.54 Å². The molecule has 1 N–H and O–H groups in total. The SMILES string of the molecule is COc1cc(NCc2cccnc2)ccc1[N+](=O)[O-]. The predicted octanol–water partition coefficient (Wildman–Crippen LogP) is 2.61. The summed E-state index contributed by atoms with van der Waals surface area (Å²) < 4.78 is 5.01. The van der Waals surface area contributed by atoms with Crippen molar-refractivity contribution in [1.82, 2.24) is 4.98 Å². The molecule has 0 spiro atoms. The second-order valence-corrected chi connectivity index (χ2v) is 3.86. The zero-order chi connectivity index (χ0) is 13.7. The van der Waals surface area contributed by atoms with Crippen LogP contribution in [0.5, 0.6) is 5.75 Å². The Balaban J connectivity index is 2.11. The third kappa shape index (κ3) is 3.19. The molecule has 1 aromatic heterocycles. The fourth-order valence-electron chi connectivity index (χ4n) is 1.65. The fraction of sp³-hybridized carbons (Fsp3) is 0.154. The van der Waals surface area contributed by atoms with Gasteiger partial charge in [0.1, 0.15) is 0 Å². The van der Waals surface area contributed by atoms with E-state index in [4.69, 9.17) is 4.74 Å². The molecule has 0 aliphatic rings. The zero-order valence-corrected chi connectivity index (χ0v) is 10.4. The lowest BCUT2D eigenvalue weighted by atomic mass is 10.2. The van der Waals surface area contributed by atoms with Gasteiger partial charge < -0.3 is 10.1 Å². The van der Waals surface area contributed by atoms with Gasteiger partial charge in [0.25, 0.3) is 0 Å². The van der Waals surface area contributed by atoms with Crippen LogP contribution in [0.2, 0.25) is 0 Å². The van der Waals surface area contributed by atoms with Gasteiger partial charge in [-0.05, 0) is 17.7 Å². The van der Waals surface area contributed by atoms with E-state index in [1.165, 1.54) is 13.2 Å². The highest BCUT2D eigenvalue weighted by Crippen LogP contribution is 2.29. The summed E-state index contributed by atoms with van der Waals surface area (Å²) in [6.45, 7) is 0.592. The molecule has 0 aliphatic heterocycles. The molecule has 6 nitrogen and oxygen atoms in total. The number of rotatable bonds is 5. The van der Waals surface area contributed by atoms with Gasteiger partial charge in [-0.3, -0.25) is 15.1 Å². The van der Waals surface area contributed by atoms with Crippen molar-refractivity contribution in [3.63, 3.8) is 0 Å². The highest BCUT2D eigenvalue weighted by Gasteiger charge is 2.14. The summed E-state index contributed by atoms with van der Waals surface area (Å²) in [6.07, 6.45) is 3.47. The molecule has 0 amide bonds. The summed E-state index contributed by atoms with van der Waals surface area (Å²) in [4.78, 5) is 14.3. The Kier molecular flexibility index (Phi) is 3.92. The van der Waals surface area contributed by atoms with Gasteiger partial charge in [-0.1, -0.05) is 6.07 Å². The lowest BCUT2D eigenvalue weighted by molar-refractivity contribution is -0.385. The first-order valence-corrected chi connectivity index (χ1v) is 5.66. The second-order valence-electron chi connectivity index (χ2n) is 3.86. The molecule has 0 bridgehead atoms. The molecule has 6 heteroatoms. The molecule has 2 aromatic rings. The van der Waals surface area contributed by atoms with Crippen molar-refractivity contribution in [2.24, 2.45) is 0 Å². The predicted molar refractivity (Wildman–Crippen MR) is 71.2 cm³/mol. The maximum Gasteiger partial charge on any atom is 0.311 e. The topological polar surface area (TPSA) is 77.3 Å². The molecule has 0 saturated heterocycles. The van der Waals surface area contributed by atoms with Crippen LogP contribution < -0.4 is 10.1 Å². The Morgan fingerprint density at radius 3 is 2.89 bits per heavy atom. The summed E-state index contributed by atoms with van der Waals surface area (Å²) in [5, 5.41) is 13.9. The quantitative estimate of drug-likeness (QED) is 0.659. The van der Waals surface area contributed by atoms with E-state index >= 15 is 0 Å². The number of benzene rings is 1. The smallest absolute Gasteiger partial charge is 0.311 e. The van der Waals surface area contributed by atoms with E-state index in [2.05, 4.69) is 10.3 Å². The summed E-state index contributed by atoms with van der Waals surface area (Å²) in [5.74, 6) is 0.237. The summed E-state index contributed by atoms with van der Waals surface area (Å²) in [5.41, 5.74) is 1.74. The first-order chi connectivity index (χ1) is 9.20. The van der Waals surface area contributed by atoms with Crippen molar-refractivity contribution in [1.29, 1.82) is 0 Å². The van der Waals surface area contributed by atoms with E-state index < -0.39 is 4.92 Å². The molecule has 0 radical (unpaired) electrons. The van der Waals surface area contributed by atoms with Gasteiger partial charge >= 0.3 is 5.69 Å². The summed E-state index contributed by atoms with van der Waals surface area (Å²) in [6, 6.07) is 8.48. The molecular formula is C13H13N3O3. The van der Waals surface area contributed by atoms with Crippen LogP contribution in [0, 0.1) is 10.1 Å². The number of nitrogens with one attached hydrogen (secondary N) is 1. The molecule has 0 aliphatic carbocycles. The van der Waals surface area contributed by atoms with Crippen LogP contribution in [-0.2, 0) is 6.54 Å². The van der Waals surface area contributed by atoms with Gasteiger partial charge in [0.15, 0.2) is 5.75 Å². The Bertz CT molecular complexity index is 573. The van der Waals surface area contributed by atoms with Crippen LogP contribution in [0.3, 0.4) is 0 Å². The van der Waals surface area contributed by atoms with Crippen LogP contribution in [0.25, 0.3) is 0 Å². The number of nitro benzene ring substituents is 1.